The smallest absolute Gasteiger partial charge is 0.274 e. The van der Waals surface area contributed by atoms with Gasteiger partial charge >= 0.3 is 0 Å². The zero-order valence-corrected chi connectivity index (χ0v) is 8.62. The van der Waals surface area contributed by atoms with Crippen LogP contribution in [0.2, 0.25) is 0 Å². The first kappa shape index (κ1) is 10.4. The number of hydrogen-bond donors (Lipinski definition) is 0. The fourth-order valence-corrected chi connectivity index (χ4v) is 3.14. The monoisotopic (exact) mass is 197 g/mol. The fraction of sp³-hybridized carbons (Fsp3) is 0.556. The van der Waals surface area contributed by atoms with E-state index in [4.69, 9.17) is 17.4 Å². The maximum atomic E-state index is 12.0. The van der Waals surface area contributed by atoms with E-state index < -0.39 is 13.6 Å². The van der Waals surface area contributed by atoms with Crippen molar-refractivity contribution in [2.75, 3.05) is 20.3 Å². The fourth-order valence-electron chi connectivity index (χ4n) is 1.18. The molecule has 3 nitrogen and oxygen atoms in total. The molecule has 1 fully saturated rings. The molecule has 1 heterocycles. The Hall–Kier alpha value is -0.730. The summed E-state index contributed by atoms with van der Waals surface area (Å²) in [5.74, 6) is 4.70. The maximum Gasteiger partial charge on any atom is 0.274 e. The molecule has 13 heavy (non-hydrogen) atoms. The van der Waals surface area contributed by atoms with Gasteiger partial charge in [0.15, 0.2) is 0 Å². The van der Waals surface area contributed by atoms with E-state index >= 15 is 0 Å². The van der Waals surface area contributed by atoms with Crippen LogP contribution in [0.25, 0.3) is 0 Å². The minimum absolute atomic E-state index is 0.224. The van der Waals surface area contributed by atoms with Gasteiger partial charge in [0.05, 0.1) is 12.1 Å². The van der Waals surface area contributed by atoms with Crippen LogP contribution in [0.4, 0.5) is 0 Å². The summed E-state index contributed by atoms with van der Waals surface area (Å²) in [5.41, 5.74) is 0. The average Bonchev–Trinajstić information content (AvgIpc) is 2.43. The van der Waals surface area contributed by atoms with E-state index in [0.29, 0.717) is 6.16 Å². The van der Waals surface area contributed by atoms with Crippen molar-refractivity contribution in [3.63, 3.8) is 0 Å². The molecular weight excluding hydrogens is 185 g/mol. The molecule has 1 aliphatic rings. The molecule has 3 atom stereocenters. The van der Waals surface area contributed by atoms with E-state index in [1.165, 1.54) is 0 Å². The summed E-state index contributed by atoms with van der Waals surface area (Å²) >= 11 is 0. The molecule has 0 aliphatic carbocycles. The van der Waals surface area contributed by atoms with Crippen molar-refractivity contribution in [1.29, 1.82) is 0 Å². The highest BCUT2D eigenvalue weighted by Gasteiger charge is 2.43. The van der Waals surface area contributed by atoms with Crippen LogP contribution in [0.5, 0.6) is 0 Å². The zero-order chi connectivity index (χ0) is 10.1. The molecule has 0 saturated carbocycles. The van der Waals surface area contributed by atoms with Crippen molar-refractivity contribution in [2.24, 2.45) is 5.92 Å². The third-order valence-electron chi connectivity index (χ3n) is 2.06. The maximum absolute atomic E-state index is 12.0. The highest BCUT2D eigenvalue weighted by molar-refractivity contribution is 7.56. The second-order valence-corrected chi connectivity index (χ2v) is 5.78. The van der Waals surface area contributed by atoms with E-state index in [1.54, 1.807) is 18.8 Å². The molecule has 70 valence electrons. The molecule has 0 aromatic rings. The van der Waals surface area contributed by atoms with Crippen LogP contribution in [0.1, 0.15) is 0 Å². The van der Waals surface area contributed by atoms with Crippen molar-refractivity contribution in [3.8, 4) is 24.7 Å². The molecule has 1 aliphatic heterocycles. The summed E-state index contributed by atoms with van der Waals surface area (Å²) in [6.07, 6.45) is 10.3. The summed E-state index contributed by atoms with van der Waals surface area (Å²) in [6, 6.07) is 0. The molecular formula is C9H12NO2P. The molecule has 1 rings (SSSR count). The number of nitrogens with zero attached hydrogens (tertiary/aromatic N) is 1. The Balaban J connectivity index is 2.88. The van der Waals surface area contributed by atoms with Gasteiger partial charge in [0.1, 0.15) is 6.10 Å². The highest BCUT2D eigenvalue weighted by Crippen LogP contribution is 2.57. The molecule has 0 aromatic heterocycles. The molecule has 0 N–H and O–H groups in total. The summed E-state index contributed by atoms with van der Waals surface area (Å²) in [4.78, 5) is 0. The Morgan fingerprint density at radius 2 is 2.08 bits per heavy atom. The van der Waals surface area contributed by atoms with Crippen molar-refractivity contribution in [2.45, 2.75) is 6.10 Å². The SMILES string of the molecule is C#CC1CP(=O)(N(C)C)OC1C#C. The first-order valence-electron chi connectivity index (χ1n) is 3.91. The largest absolute Gasteiger partial charge is 0.300 e. The summed E-state index contributed by atoms with van der Waals surface area (Å²) in [5, 5.41) is 0. The molecule has 0 amide bonds. The van der Waals surface area contributed by atoms with E-state index in [-0.39, 0.29) is 5.92 Å². The zero-order valence-electron chi connectivity index (χ0n) is 7.73. The van der Waals surface area contributed by atoms with Crippen molar-refractivity contribution in [3.05, 3.63) is 0 Å². The minimum atomic E-state index is -2.74. The Labute approximate surface area is 79.0 Å². The molecule has 0 aromatic carbocycles. The first-order chi connectivity index (χ1) is 6.03. The molecule has 1 saturated heterocycles. The minimum Gasteiger partial charge on any atom is -0.300 e. The van der Waals surface area contributed by atoms with E-state index in [0.717, 1.165) is 0 Å². The topological polar surface area (TPSA) is 29.5 Å². The molecule has 0 spiro atoms. The van der Waals surface area contributed by atoms with Gasteiger partial charge in [-0.05, 0) is 14.1 Å². The van der Waals surface area contributed by atoms with Crippen LogP contribution in [-0.2, 0) is 9.09 Å². The van der Waals surface area contributed by atoms with Gasteiger partial charge in [-0.25, -0.2) is 4.67 Å². The lowest BCUT2D eigenvalue weighted by molar-refractivity contribution is 0.250. The third kappa shape index (κ3) is 1.79. The number of rotatable bonds is 1. The lowest BCUT2D eigenvalue weighted by atomic mass is 10.1. The van der Waals surface area contributed by atoms with E-state index in [1.807, 2.05) is 0 Å². The molecule has 0 radical (unpaired) electrons. The van der Waals surface area contributed by atoms with Gasteiger partial charge in [-0.2, -0.15) is 0 Å². The van der Waals surface area contributed by atoms with E-state index in [2.05, 4.69) is 11.8 Å². The second kappa shape index (κ2) is 3.56. The van der Waals surface area contributed by atoms with Crippen LogP contribution in [-0.4, -0.2) is 31.0 Å². The van der Waals surface area contributed by atoms with Crippen LogP contribution in [0.15, 0.2) is 0 Å². The Morgan fingerprint density at radius 1 is 1.46 bits per heavy atom. The molecule has 0 bridgehead atoms. The second-order valence-electron chi connectivity index (χ2n) is 3.13. The first-order valence-corrected chi connectivity index (χ1v) is 5.67. The van der Waals surface area contributed by atoms with Crippen LogP contribution in [0, 0.1) is 30.6 Å². The molecule has 4 heteroatoms. The van der Waals surface area contributed by atoms with Crippen LogP contribution in [0.3, 0.4) is 0 Å². The van der Waals surface area contributed by atoms with Gasteiger partial charge < -0.3 is 0 Å². The summed E-state index contributed by atoms with van der Waals surface area (Å²) in [6.45, 7) is 0. The average molecular weight is 197 g/mol. The van der Waals surface area contributed by atoms with Crippen LogP contribution < -0.4 is 0 Å². The predicted octanol–water partition coefficient (Wildman–Crippen LogP) is 1.02. The lowest BCUT2D eigenvalue weighted by Crippen LogP contribution is -2.12. The normalized spacial score (nSPS) is 38.5. The van der Waals surface area contributed by atoms with Crippen molar-refractivity contribution < 1.29 is 9.09 Å². The van der Waals surface area contributed by atoms with Crippen LogP contribution >= 0.6 is 7.52 Å². The van der Waals surface area contributed by atoms with Gasteiger partial charge in [-0.3, -0.25) is 9.09 Å². The van der Waals surface area contributed by atoms with Gasteiger partial charge in [0.25, 0.3) is 7.52 Å². The van der Waals surface area contributed by atoms with Gasteiger partial charge in [-0.1, -0.05) is 11.8 Å². The van der Waals surface area contributed by atoms with E-state index in [9.17, 15) is 4.57 Å². The van der Waals surface area contributed by atoms with Gasteiger partial charge in [-0.15, -0.1) is 12.8 Å². The van der Waals surface area contributed by atoms with Crippen molar-refractivity contribution >= 4 is 7.52 Å². The number of hydrogen-bond acceptors (Lipinski definition) is 2. The third-order valence-corrected chi connectivity index (χ3v) is 4.69. The molecule has 3 unspecified atom stereocenters. The van der Waals surface area contributed by atoms with Crippen molar-refractivity contribution in [1.82, 2.24) is 4.67 Å². The Morgan fingerprint density at radius 3 is 2.38 bits per heavy atom. The van der Waals surface area contributed by atoms with Gasteiger partial charge in [0, 0.05) is 0 Å². The summed E-state index contributed by atoms with van der Waals surface area (Å²) in [7, 11) is 0.664. The lowest BCUT2D eigenvalue weighted by Gasteiger charge is -2.18. The Kier molecular flexibility index (Phi) is 2.84. The summed E-state index contributed by atoms with van der Waals surface area (Å²) < 4.78 is 18.8. The predicted molar refractivity (Wildman–Crippen MR) is 52.2 cm³/mol. The Bertz CT molecular complexity index is 297. The standard InChI is InChI=1S/C9H12NO2P/c1-5-8-7-13(11,10(3)4)12-9(8)6-2/h1-2,8-9H,7H2,3-4H3. The van der Waals surface area contributed by atoms with Gasteiger partial charge in [0.2, 0.25) is 0 Å². The highest BCUT2D eigenvalue weighted by atomic mass is 31.2. The number of terminal acetylenes is 2. The quantitative estimate of drug-likeness (QED) is 0.464.